The number of ether oxygens (including phenoxy) is 1. The Labute approximate surface area is 218 Å². The largest absolute Gasteiger partial charge is 0.496 e. The summed E-state index contributed by atoms with van der Waals surface area (Å²) in [4.78, 5) is 12.6. The number of sulfone groups is 2. The number of hydrogen-bond acceptors (Lipinski definition) is 7. The number of carbonyl (C=O) groups excluding carboxylic acids is 1. The molecule has 3 rings (SSSR count). The summed E-state index contributed by atoms with van der Waals surface area (Å²) >= 11 is 0. The number of fused-ring (bicyclic) bond motifs is 1. The first kappa shape index (κ1) is 28.4. The van der Waals surface area contributed by atoms with Gasteiger partial charge in [-0.2, -0.15) is 5.10 Å². The van der Waals surface area contributed by atoms with Gasteiger partial charge >= 0.3 is 0 Å². The van der Waals surface area contributed by atoms with Gasteiger partial charge in [0.2, 0.25) is 0 Å². The lowest BCUT2D eigenvalue weighted by molar-refractivity contribution is 0.0945. The first-order valence-electron chi connectivity index (χ1n) is 12.1. The first-order valence-corrected chi connectivity index (χ1v) is 15.4. The summed E-state index contributed by atoms with van der Waals surface area (Å²) in [6, 6.07) is 8.81. The van der Waals surface area contributed by atoms with Crippen molar-refractivity contribution >= 4 is 37.3 Å². The number of amides is 1. The van der Waals surface area contributed by atoms with Crippen LogP contribution in [0.4, 0.5) is 0 Å². The van der Waals surface area contributed by atoms with Crippen LogP contribution in [0, 0.1) is 6.92 Å². The standard InChI is InChI=1S/C26H33N3O6S2/c1-6-14-36(31,32)24-22-18(4)10-9-13-29(22)23(25(24)37(33,34)15-7-2)26(30)28-27-17-19-11-12-20(8-3)21(16-19)35-5/h9-13,16-17H,6-8,14-15H2,1-5H3,(H,28,30)/b27-17+. The van der Waals surface area contributed by atoms with Crippen molar-refractivity contribution in [2.45, 2.75) is 56.7 Å². The minimum Gasteiger partial charge on any atom is -0.496 e. The number of nitrogens with zero attached hydrogens (tertiary/aromatic N) is 2. The second kappa shape index (κ2) is 11.5. The van der Waals surface area contributed by atoms with E-state index in [1.807, 2.05) is 19.1 Å². The Morgan fingerprint density at radius 2 is 1.68 bits per heavy atom. The average molecular weight is 548 g/mol. The first-order chi connectivity index (χ1) is 17.5. The van der Waals surface area contributed by atoms with Crippen molar-refractivity contribution in [3.8, 4) is 5.75 Å². The zero-order valence-electron chi connectivity index (χ0n) is 21.7. The zero-order chi connectivity index (χ0) is 27.4. The fourth-order valence-electron chi connectivity index (χ4n) is 4.30. The van der Waals surface area contributed by atoms with E-state index in [-0.39, 0.29) is 34.0 Å². The monoisotopic (exact) mass is 547 g/mol. The van der Waals surface area contributed by atoms with Crippen LogP contribution in [-0.2, 0) is 26.1 Å². The molecule has 0 saturated heterocycles. The second-order valence-electron chi connectivity index (χ2n) is 8.68. The molecular formula is C26H33N3O6S2. The fraction of sp³-hybridized carbons (Fsp3) is 0.385. The van der Waals surface area contributed by atoms with Gasteiger partial charge in [-0.15, -0.1) is 0 Å². The smallest absolute Gasteiger partial charge is 0.289 e. The van der Waals surface area contributed by atoms with Gasteiger partial charge in [-0.05, 0) is 55.0 Å². The molecule has 9 nitrogen and oxygen atoms in total. The summed E-state index contributed by atoms with van der Waals surface area (Å²) in [5.74, 6) is -0.694. The summed E-state index contributed by atoms with van der Waals surface area (Å²) in [6.45, 7) is 7.08. The number of hydrazone groups is 1. The van der Waals surface area contributed by atoms with Gasteiger partial charge < -0.3 is 9.14 Å². The van der Waals surface area contributed by atoms with Crippen LogP contribution in [0.25, 0.3) is 5.52 Å². The second-order valence-corrected chi connectivity index (χ2v) is 12.8. The molecule has 1 aromatic carbocycles. The number of nitrogens with one attached hydrogen (secondary N) is 1. The van der Waals surface area contributed by atoms with Crippen molar-refractivity contribution in [2.24, 2.45) is 5.10 Å². The van der Waals surface area contributed by atoms with Gasteiger partial charge in [0.05, 0.1) is 30.3 Å². The minimum atomic E-state index is -4.12. The summed E-state index contributed by atoms with van der Waals surface area (Å²) in [6.07, 6.45) is 4.25. The summed E-state index contributed by atoms with van der Waals surface area (Å²) in [5, 5.41) is 4.02. The lowest BCUT2D eigenvalue weighted by Gasteiger charge is -2.09. The van der Waals surface area contributed by atoms with Crippen LogP contribution in [0.3, 0.4) is 0 Å². The number of aromatic nitrogens is 1. The molecule has 37 heavy (non-hydrogen) atoms. The normalized spacial score (nSPS) is 12.4. The summed E-state index contributed by atoms with van der Waals surface area (Å²) in [7, 11) is -6.57. The van der Waals surface area contributed by atoms with Crippen molar-refractivity contribution < 1.29 is 26.4 Å². The SMILES string of the molecule is CCCS(=O)(=O)c1c(S(=O)(=O)CCC)c2c(C)cccn2c1C(=O)N/N=C/c1ccc(CC)c(OC)c1. The molecule has 200 valence electrons. The average Bonchev–Trinajstić information content (AvgIpc) is 3.22. The highest BCUT2D eigenvalue weighted by Gasteiger charge is 2.37. The van der Waals surface area contributed by atoms with Gasteiger partial charge in [0, 0.05) is 6.20 Å². The third kappa shape index (κ3) is 5.72. The molecule has 2 heterocycles. The van der Waals surface area contributed by atoms with Gasteiger partial charge in [-0.25, -0.2) is 22.3 Å². The Bertz CT molecular complexity index is 1550. The molecule has 11 heteroatoms. The van der Waals surface area contributed by atoms with Crippen LogP contribution in [0.1, 0.15) is 60.8 Å². The number of hydrogen-bond donors (Lipinski definition) is 1. The van der Waals surface area contributed by atoms with Crippen LogP contribution in [0.15, 0.2) is 51.4 Å². The van der Waals surface area contributed by atoms with Crippen molar-refractivity contribution in [2.75, 3.05) is 18.6 Å². The Kier molecular flexibility index (Phi) is 8.80. The molecule has 0 aliphatic rings. The van der Waals surface area contributed by atoms with Crippen LogP contribution in [-0.4, -0.2) is 52.0 Å². The van der Waals surface area contributed by atoms with Gasteiger partial charge in [-0.3, -0.25) is 4.79 Å². The van der Waals surface area contributed by atoms with Crippen molar-refractivity contribution in [3.05, 3.63) is 58.9 Å². The lowest BCUT2D eigenvalue weighted by atomic mass is 10.1. The maximum absolute atomic E-state index is 13.4. The van der Waals surface area contributed by atoms with E-state index in [1.165, 1.54) is 16.8 Å². The highest BCUT2D eigenvalue weighted by molar-refractivity contribution is 7.94. The lowest BCUT2D eigenvalue weighted by Crippen LogP contribution is -2.23. The summed E-state index contributed by atoms with van der Waals surface area (Å²) in [5.41, 5.74) is 4.51. The van der Waals surface area contributed by atoms with E-state index in [1.54, 1.807) is 46.1 Å². The van der Waals surface area contributed by atoms with E-state index in [0.29, 0.717) is 23.3 Å². The van der Waals surface area contributed by atoms with Crippen LogP contribution in [0.5, 0.6) is 5.75 Å². The molecule has 2 aromatic heterocycles. The quantitative estimate of drug-likeness (QED) is 0.286. The van der Waals surface area contributed by atoms with E-state index in [9.17, 15) is 21.6 Å². The van der Waals surface area contributed by atoms with Crippen molar-refractivity contribution in [3.63, 3.8) is 0 Å². The van der Waals surface area contributed by atoms with Gasteiger partial charge in [-0.1, -0.05) is 39.0 Å². The van der Waals surface area contributed by atoms with E-state index in [4.69, 9.17) is 4.74 Å². The molecule has 0 bridgehead atoms. The molecule has 0 fully saturated rings. The molecule has 0 saturated carbocycles. The van der Waals surface area contributed by atoms with E-state index in [2.05, 4.69) is 10.5 Å². The van der Waals surface area contributed by atoms with Crippen LogP contribution < -0.4 is 10.2 Å². The molecule has 0 atom stereocenters. The summed E-state index contributed by atoms with van der Waals surface area (Å²) < 4.78 is 60.3. The number of rotatable bonds is 11. The minimum absolute atomic E-state index is 0.180. The number of benzene rings is 1. The third-order valence-electron chi connectivity index (χ3n) is 5.93. The predicted molar refractivity (Wildman–Crippen MR) is 144 cm³/mol. The van der Waals surface area contributed by atoms with Crippen molar-refractivity contribution in [1.29, 1.82) is 0 Å². The maximum Gasteiger partial charge on any atom is 0.289 e. The predicted octanol–water partition coefficient (Wildman–Crippen LogP) is 3.95. The number of pyridine rings is 1. The van der Waals surface area contributed by atoms with E-state index >= 15 is 0 Å². The van der Waals surface area contributed by atoms with Crippen LogP contribution in [0.2, 0.25) is 0 Å². The highest BCUT2D eigenvalue weighted by atomic mass is 32.2. The molecule has 0 radical (unpaired) electrons. The van der Waals surface area contributed by atoms with Gasteiger partial charge in [0.1, 0.15) is 21.2 Å². The molecule has 0 aliphatic heterocycles. The van der Waals surface area contributed by atoms with E-state index in [0.717, 1.165) is 12.0 Å². The maximum atomic E-state index is 13.4. The number of carbonyl (C=O) groups is 1. The number of methoxy groups -OCH3 is 1. The Morgan fingerprint density at radius 3 is 2.27 bits per heavy atom. The molecule has 0 aliphatic carbocycles. The van der Waals surface area contributed by atoms with Gasteiger partial charge in [0.15, 0.2) is 19.7 Å². The van der Waals surface area contributed by atoms with Crippen molar-refractivity contribution in [1.82, 2.24) is 9.83 Å². The topological polar surface area (TPSA) is 123 Å². The molecule has 0 spiro atoms. The molecule has 1 amide bonds. The Balaban J connectivity index is 2.19. The molecule has 3 aromatic rings. The highest BCUT2D eigenvalue weighted by Crippen LogP contribution is 2.36. The zero-order valence-corrected chi connectivity index (χ0v) is 23.4. The Hall–Kier alpha value is -3.18. The Morgan fingerprint density at radius 1 is 1.03 bits per heavy atom. The molecular weight excluding hydrogens is 514 g/mol. The molecule has 0 unspecified atom stereocenters. The van der Waals surface area contributed by atoms with E-state index < -0.39 is 30.5 Å². The molecule has 1 N–H and O–H groups in total. The fourth-order valence-corrected chi connectivity index (χ4v) is 8.34. The third-order valence-corrected chi connectivity index (χ3v) is 9.99. The van der Waals surface area contributed by atoms with Crippen LogP contribution >= 0.6 is 0 Å². The van der Waals surface area contributed by atoms with Gasteiger partial charge in [0.25, 0.3) is 5.91 Å². The number of aryl methyl sites for hydroxylation is 2.